The third-order valence-electron chi connectivity index (χ3n) is 14.0. The number of hydrogen-bond acceptors (Lipinski definition) is 1. The second kappa shape index (κ2) is 13.1. The Morgan fingerprint density at radius 3 is 1.76 bits per heavy atom. The predicted molar refractivity (Wildman–Crippen MR) is 246 cm³/mol. The zero-order valence-corrected chi connectivity index (χ0v) is 33.6. The van der Waals surface area contributed by atoms with Gasteiger partial charge in [-0.25, -0.2) is 0 Å². The highest BCUT2D eigenvalue weighted by Crippen LogP contribution is 2.60. The zero-order chi connectivity index (χ0) is 39.4. The minimum Gasteiger partial charge on any atom is -0.256 e. The first kappa shape index (κ1) is 34.3. The summed E-state index contributed by atoms with van der Waals surface area (Å²) in [6, 6.07) is 66.0. The Kier molecular flexibility index (Phi) is 7.63. The molecule has 0 fully saturated rings. The molecule has 0 spiro atoms. The number of fused-ring (bicyclic) bond motifs is 7. The van der Waals surface area contributed by atoms with Crippen LogP contribution < -0.4 is 16.4 Å². The van der Waals surface area contributed by atoms with Crippen LogP contribution in [0.5, 0.6) is 0 Å². The van der Waals surface area contributed by atoms with Crippen molar-refractivity contribution in [2.24, 2.45) is 0 Å². The number of benzene rings is 7. The monoisotopic (exact) mass is 751 g/mol. The van der Waals surface area contributed by atoms with Gasteiger partial charge in [-0.15, -0.1) is 0 Å². The van der Waals surface area contributed by atoms with Crippen LogP contribution in [-0.2, 0) is 0 Å². The normalized spacial score (nSPS) is 18.1. The summed E-state index contributed by atoms with van der Waals surface area (Å²) in [5, 5.41) is 0. The van der Waals surface area contributed by atoms with Gasteiger partial charge in [0.2, 0.25) is 6.71 Å². The maximum absolute atomic E-state index is 4.89. The minimum absolute atomic E-state index is 0.0712. The molecule has 1 nitrogen and oxygen atoms in total. The average Bonchev–Trinajstić information content (AvgIpc) is 3.91. The summed E-state index contributed by atoms with van der Waals surface area (Å²) in [6.07, 6.45) is 1.92. The molecule has 2 heteroatoms. The Bertz CT molecular complexity index is 3080. The van der Waals surface area contributed by atoms with Gasteiger partial charge < -0.3 is 0 Å². The molecule has 3 unspecified atom stereocenters. The maximum atomic E-state index is 4.89. The molecule has 3 atom stereocenters. The van der Waals surface area contributed by atoms with Crippen LogP contribution in [0.25, 0.3) is 22.4 Å². The van der Waals surface area contributed by atoms with Crippen molar-refractivity contribution in [2.45, 2.75) is 38.5 Å². The van der Waals surface area contributed by atoms with E-state index in [0.29, 0.717) is 0 Å². The quantitative estimate of drug-likeness (QED) is 0.160. The fourth-order valence-electron chi connectivity index (χ4n) is 11.8. The van der Waals surface area contributed by atoms with Crippen molar-refractivity contribution >= 4 is 34.2 Å². The minimum atomic E-state index is 0.0712. The lowest BCUT2D eigenvalue weighted by Gasteiger charge is -2.36. The second-order valence-electron chi connectivity index (χ2n) is 17.0. The lowest BCUT2D eigenvalue weighted by Crippen LogP contribution is -2.59. The summed E-state index contributed by atoms with van der Waals surface area (Å²) in [5.74, 6) is 0.542. The summed E-state index contributed by atoms with van der Waals surface area (Å²) in [6.45, 7) is 7.16. The summed E-state index contributed by atoms with van der Waals surface area (Å²) in [5.41, 5.74) is 28.8. The molecule has 4 aliphatic rings. The van der Waals surface area contributed by atoms with Crippen molar-refractivity contribution in [3.63, 3.8) is 0 Å². The number of aromatic nitrogens is 1. The highest BCUT2D eigenvalue weighted by molar-refractivity contribution is 6.97. The van der Waals surface area contributed by atoms with Gasteiger partial charge in [-0.05, 0) is 117 Å². The molecule has 3 aliphatic carbocycles. The average molecular weight is 752 g/mol. The van der Waals surface area contributed by atoms with E-state index in [4.69, 9.17) is 4.98 Å². The summed E-state index contributed by atoms with van der Waals surface area (Å²) < 4.78 is 0. The Balaban J connectivity index is 1.11. The van der Waals surface area contributed by atoms with Crippen LogP contribution in [-0.4, -0.2) is 11.7 Å². The van der Waals surface area contributed by atoms with Crippen molar-refractivity contribution in [1.29, 1.82) is 0 Å². The number of pyridine rings is 1. The molecule has 278 valence electrons. The number of allylic oxidation sites excluding steroid dienone is 2. The largest absolute Gasteiger partial charge is 0.256 e. The van der Waals surface area contributed by atoms with Crippen LogP contribution in [0.1, 0.15) is 91.4 Å². The number of aryl methyl sites for hydroxylation is 1. The van der Waals surface area contributed by atoms with E-state index in [1.54, 1.807) is 0 Å². The van der Waals surface area contributed by atoms with Crippen molar-refractivity contribution < 1.29 is 0 Å². The molecule has 7 aromatic carbocycles. The maximum Gasteiger partial charge on any atom is 0.242 e. The SMILES string of the molecule is CC1=C(c2cccc(B3c4cccc5c4C(C4=C5c5ccccc5C4c4ccccc4)c4cc(-c5ccccn5)cc(C)c43)c2C)c2ccccc2C1c1ccccc1. The van der Waals surface area contributed by atoms with E-state index in [1.807, 2.05) is 12.3 Å². The number of hydrogen-bond donors (Lipinski definition) is 0. The first-order chi connectivity index (χ1) is 29.1. The first-order valence-corrected chi connectivity index (χ1v) is 21.1. The smallest absolute Gasteiger partial charge is 0.242 e. The lowest BCUT2D eigenvalue weighted by atomic mass is 9.31. The highest BCUT2D eigenvalue weighted by atomic mass is 14.7. The Labute approximate surface area is 347 Å². The molecule has 0 N–H and O–H groups in total. The molecule has 8 aromatic rings. The van der Waals surface area contributed by atoms with Gasteiger partial charge in [0.05, 0.1) is 5.69 Å². The number of nitrogens with zero attached hydrogens (tertiary/aromatic N) is 1. The molecule has 0 saturated carbocycles. The topological polar surface area (TPSA) is 12.9 Å². The Hall–Kier alpha value is -6.77. The standard InChI is InChI=1S/C57H42BN/c1-34-32-39(49-30-14-15-31-59-49)33-46-55-54-45(53-44-25-13-12-24-43(44)52(56(53)55)38-20-8-5-9-21-38)27-17-29-48(54)58(57(34)46)47-28-16-26-40(35(47)2)51-36(3)50(37-18-6-4-7-19-37)41-22-10-11-23-42(41)51/h4-33,50,52,55H,1-3H3. The third-order valence-corrected chi connectivity index (χ3v) is 14.0. The van der Waals surface area contributed by atoms with Gasteiger partial charge >= 0.3 is 0 Å². The zero-order valence-electron chi connectivity index (χ0n) is 33.6. The summed E-state index contributed by atoms with van der Waals surface area (Å²) >= 11 is 0. The van der Waals surface area contributed by atoms with Gasteiger partial charge in [-0.3, -0.25) is 4.98 Å². The van der Waals surface area contributed by atoms with E-state index in [1.165, 1.54) is 111 Å². The van der Waals surface area contributed by atoms with E-state index >= 15 is 0 Å². The summed E-state index contributed by atoms with van der Waals surface area (Å²) in [7, 11) is 0. The number of rotatable bonds is 5. The highest BCUT2D eigenvalue weighted by Gasteiger charge is 2.49. The molecule has 0 amide bonds. The van der Waals surface area contributed by atoms with Crippen molar-refractivity contribution in [2.75, 3.05) is 0 Å². The lowest BCUT2D eigenvalue weighted by molar-refractivity contribution is 0.854. The van der Waals surface area contributed by atoms with Gasteiger partial charge in [0.15, 0.2) is 0 Å². The molecule has 1 aliphatic heterocycles. The Morgan fingerprint density at radius 1 is 0.458 bits per heavy atom. The summed E-state index contributed by atoms with van der Waals surface area (Å²) in [4.78, 5) is 4.89. The third kappa shape index (κ3) is 4.90. The molecule has 0 bridgehead atoms. The Morgan fingerprint density at radius 2 is 1.05 bits per heavy atom. The fourth-order valence-corrected chi connectivity index (χ4v) is 11.8. The molecule has 1 aromatic heterocycles. The first-order valence-electron chi connectivity index (χ1n) is 21.1. The van der Waals surface area contributed by atoms with Crippen molar-refractivity contribution in [3.8, 4) is 11.3 Å². The van der Waals surface area contributed by atoms with E-state index in [2.05, 4.69) is 191 Å². The van der Waals surface area contributed by atoms with E-state index < -0.39 is 0 Å². The van der Waals surface area contributed by atoms with Gasteiger partial charge in [0.1, 0.15) is 0 Å². The molecular formula is C57H42BN. The molecule has 0 saturated heterocycles. The van der Waals surface area contributed by atoms with Gasteiger partial charge in [0, 0.05) is 29.5 Å². The van der Waals surface area contributed by atoms with E-state index in [9.17, 15) is 0 Å². The molecular weight excluding hydrogens is 709 g/mol. The molecule has 59 heavy (non-hydrogen) atoms. The van der Waals surface area contributed by atoms with Gasteiger partial charge in [-0.2, -0.15) is 0 Å². The van der Waals surface area contributed by atoms with Crippen LogP contribution in [0.4, 0.5) is 0 Å². The van der Waals surface area contributed by atoms with E-state index in [0.717, 1.165) is 5.69 Å². The van der Waals surface area contributed by atoms with Gasteiger partial charge in [-0.1, -0.05) is 185 Å². The van der Waals surface area contributed by atoms with Crippen molar-refractivity contribution in [1.82, 2.24) is 4.98 Å². The molecule has 0 radical (unpaired) electrons. The van der Waals surface area contributed by atoms with Gasteiger partial charge in [0.25, 0.3) is 0 Å². The molecule has 2 heterocycles. The van der Waals surface area contributed by atoms with Crippen LogP contribution in [0.2, 0.25) is 0 Å². The second-order valence-corrected chi connectivity index (χ2v) is 17.0. The fraction of sp³-hybridized carbons (Fsp3) is 0.105. The van der Waals surface area contributed by atoms with Crippen LogP contribution in [0.15, 0.2) is 193 Å². The van der Waals surface area contributed by atoms with Crippen LogP contribution >= 0.6 is 0 Å². The van der Waals surface area contributed by atoms with E-state index in [-0.39, 0.29) is 24.5 Å². The predicted octanol–water partition coefficient (Wildman–Crippen LogP) is 11.3. The van der Waals surface area contributed by atoms with Crippen LogP contribution in [0, 0.1) is 13.8 Å². The van der Waals surface area contributed by atoms with Crippen LogP contribution in [0.3, 0.4) is 0 Å². The molecule has 12 rings (SSSR count). The van der Waals surface area contributed by atoms with Crippen molar-refractivity contribution in [3.05, 3.63) is 260 Å².